The highest BCUT2D eigenvalue weighted by Crippen LogP contribution is 2.15. The van der Waals surface area contributed by atoms with E-state index in [1.54, 1.807) is 7.11 Å². The van der Waals surface area contributed by atoms with Gasteiger partial charge in [0.05, 0.1) is 13.2 Å². The normalized spacial score (nSPS) is 13.1. The van der Waals surface area contributed by atoms with Crippen molar-refractivity contribution in [2.24, 2.45) is 10.7 Å². The molecule has 0 bridgehead atoms. The number of aliphatic imine (C=N–C) groups is 1. The highest BCUT2D eigenvalue weighted by Gasteiger charge is 2.01. The second-order valence-corrected chi connectivity index (χ2v) is 4.99. The Morgan fingerprint density at radius 3 is 2.74 bits per heavy atom. The monoisotopic (exact) mass is 329 g/mol. The Morgan fingerprint density at radius 1 is 1.42 bits per heavy atom. The molecule has 3 N–H and O–H groups in total. The average molecular weight is 330 g/mol. The maximum Gasteiger partial charge on any atom is 0.188 e. The van der Waals surface area contributed by atoms with Crippen LogP contribution in [0.15, 0.2) is 33.7 Å². The summed E-state index contributed by atoms with van der Waals surface area (Å²) >= 11 is 3.37. The third-order valence-electron chi connectivity index (χ3n) is 2.27. The molecule has 0 heterocycles. The van der Waals surface area contributed by atoms with Gasteiger partial charge in [0.1, 0.15) is 12.4 Å². The molecule has 106 valence electrons. The average Bonchev–Trinajstić information content (AvgIpc) is 2.37. The molecule has 0 fully saturated rings. The highest BCUT2D eigenvalue weighted by molar-refractivity contribution is 9.10. The molecule has 0 aliphatic rings. The molecule has 0 saturated carbocycles. The van der Waals surface area contributed by atoms with Gasteiger partial charge in [-0.2, -0.15) is 0 Å². The fourth-order valence-electron chi connectivity index (χ4n) is 1.45. The van der Waals surface area contributed by atoms with E-state index >= 15 is 0 Å². The first-order chi connectivity index (χ1) is 9.11. The molecule has 19 heavy (non-hydrogen) atoms. The summed E-state index contributed by atoms with van der Waals surface area (Å²) in [5, 5.41) is 3.03. The number of halogens is 1. The van der Waals surface area contributed by atoms with Crippen LogP contribution in [0.1, 0.15) is 6.92 Å². The minimum atomic E-state index is 0.140. The molecule has 0 saturated heterocycles. The van der Waals surface area contributed by atoms with Gasteiger partial charge >= 0.3 is 0 Å². The van der Waals surface area contributed by atoms with Crippen molar-refractivity contribution in [3.63, 3.8) is 0 Å². The van der Waals surface area contributed by atoms with E-state index in [0.717, 1.165) is 10.2 Å². The summed E-state index contributed by atoms with van der Waals surface area (Å²) in [7, 11) is 1.65. The van der Waals surface area contributed by atoms with Gasteiger partial charge in [-0.1, -0.05) is 15.9 Å². The lowest BCUT2D eigenvalue weighted by Crippen LogP contribution is -2.40. The smallest absolute Gasteiger partial charge is 0.188 e. The van der Waals surface area contributed by atoms with Crippen molar-refractivity contribution in [1.29, 1.82) is 0 Å². The largest absolute Gasteiger partial charge is 0.492 e. The zero-order valence-corrected chi connectivity index (χ0v) is 12.8. The van der Waals surface area contributed by atoms with Gasteiger partial charge in [0.15, 0.2) is 5.96 Å². The molecule has 6 heteroatoms. The Kier molecular flexibility index (Phi) is 7.28. The topological polar surface area (TPSA) is 68.9 Å². The maximum atomic E-state index is 5.73. The van der Waals surface area contributed by atoms with Crippen LogP contribution in [0.2, 0.25) is 0 Å². The molecule has 1 aromatic carbocycles. The van der Waals surface area contributed by atoms with E-state index < -0.39 is 0 Å². The van der Waals surface area contributed by atoms with E-state index in [0.29, 0.717) is 25.7 Å². The van der Waals surface area contributed by atoms with Gasteiger partial charge in [-0.3, -0.25) is 0 Å². The predicted molar refractivity (Wildman–Crippen MR) is 80.6 cm³/mol. The molecular weight excluding hydrogens is 310 g/mol. The highest BCUT2D eigenvalue weighted by atomic mass is 79.9. The van der Waals surface area contributed by atoms with Gasteiger partial charge in [0, 0.05) is 17.6 Å². The Bertz CT molecular complexity index is 395. The van der Waals surface area contributed by atoms with Crippen molar-refractivity contribution >= 4 is 21.9 Å². The summed E-state index contributed by atoms with van der Waals surface area (Å²) in [6.07, 6.45) is 0. The van der Waals surface area contributed by atoms with Crippen molar-refractivity contribution < 1.29 is 9.47 Å². The Labute approximate surface area is 122 Å². The van der Waals surface area contributed by atoms with E-state index in [-0.39, 0.29) is 6.04 Å². The summed E-state index contributed by atoms with van der Waals surface area (Å²) in [4.78, 5) is 4.17. The van der Waals surface area contributed by atoms with Crippen LogP contribution in [-0.4, -0.2) is 38.9 Å². The summed E-state index contributed by atoms with van der Waals surface area (Å²) in [6.45, 7) is 3.56. The molecule has 1 rings (SSSR count). The molecule has 1 aromatic rings. The number of hydrogen-bond acceptors (Lipinski definition) is 3. The van der Waals surface area contributed by atoms with Crippen LogP contribution in [-0.2, 0) is 4.74 Å². The molecule has 1 unspecified atom stereocenters. The van der Waals surface area contributed by atoms with E-state index in [9.17, 15) is 0 Å². The maximum absolute atomic E-state index is 5.73. The van der Waals surface area contributed by atoms with Crippen LogP contribution in [0.5, 0.6) is 5.75 Å². The summed E-state index contributed by atoms with van der Waals surface area (Å²) in [5.74, 6) is 1.22. The lowest BCUT2D eigenvalue weighted by molar-refractivity contribution is 0.179. The number of nitrogens with one attached hydrogen (secondary N) is 1. The number of benzene rings is 1. The minimum absolute atomic E-state index is 0.140. The molecular formula is C13H20BrN3O2. The SMILES string of the molecule is COCC(C)NC(N)=NCCOc1ccc(Br)cc1. The standard InChI is InChI=1S/C13H20BrN3O2/c1-10(9-18-2)17-13(15)16-7-8-19-12-5-3-11(14)4-6-12/h3-6,10H,7-9H2,1-2H3,(H3,15,16,17). The summed E-state index contributed by atoms with van der Waals surface area (Å²) in [5.41, 5.74) is 5.73. The van der Waals surface area contributed by atoms with Crippen molar-refractivity contribution in [3.8, 4) is 5.75 Å². The first kappa shape index (κ1) is 15.8. The van der Waals surface area contributed by atoms with Crippen molar-refractivity contribution in [2.45, 2.75) is 13.0 Å². The van der Waals surface area contributed by atoms with E-state index in [1.807, 2.05) is 31.2 Å². The third kappa shape index (κ3) is 7.03. The van der Waals surface area contributed by atoms with Gasteiger partial charge in [-0.25, -0.2) is 4.99 Å². The fourth-order valence-corrected chi connectivity index (χ4v) is 1.71. The third-order valence-corrected chi connectivity index (χ3v) is 2.80. The quantitative estimate of drug-likeness (QED) is 0.454. The molecule has 5 nitrogen and oxygen atoms in total. The summed E-state index contributed by atoms with van der Waals surface area (Å²) < 4.78 is 11.6. The number of methoxy groups -OCH3 is 1. The van der Waals surface area contributed by atoms with E-state index in [1.165, 1.54) is 0 Å². The first-order valence-electron chi connectivity index (χ1n) is 6.05. The molecule has 0 radical (unpaired) electrons. The molecule has 1 atom stereocenters. The first-order valence-corrected chi connectivity index (χ1v) is 6.85. The van der Waals surface area contributed by atoms with Gasteiger partial charge < -0.3 is 20.5 Å². The van der Waals surface area contributed by atoms with Crippen LogP contribution in [0.25, 0.3) is 0 Å². The van der Waals surface area contributed by atoms with Crippen molar-refractivity contribution in [1.82, 2.24) is 5.32 Å². The van der Waals surface area contributed by atoms with Crippen LogP contribution in [0, 0.1) is 0 Å². The number of guanidine groups is 1. The van der Waals surface area contributed by atoms with Gasteiger partial charge in [0.25, 0.3) is 0 Å². The molecule has 0 aromatic heterocycles. The van der Waals surface area contributed by atoms with Gasteiger partial charge in [-0.15, -0.1) is 0 Å². The molecule has 0 spiro atoms. The predicted octanol–water partition coefficient (Wildman–Crippen LogP) is 1.77. The number of nitrogens with two attached hydrogens (primary N) is 1. The Hall–Kier alpha value is -1.27. The number of rotatable bonds is 7. The minimum Gasteiger partial charge on any atom is -0.492 e. The lowest BCUT2D eigenvalue weighted by atomic mass is 10.3. The number of hydrogen-bond donors (Lipinski definition) is 2. The van der Waals surface area contributed by atoms with Crippen molar-refractivity contribution in [3.05, 3.63) is 28.7 Å². The number of ether oxygens (including phenoxy) is 2. The zero-order valence-electron chi connectivity index (χ0n) is 11.2. The van der Waals surface area contributed by atoms with E-state index in [2.05, 4.69) is 26.2 Å². The number of nitrogens with zero attached hydrogens (tertiary/aromatic N) is 1. The van der Waals surface area contributed by atoms with Crippen LogP contribution >= 0.6 is 15.9 Å². The second-order valence-electron chi connectivity index (χ2n) is 4.07. The van der Waals surface area contributed by atoms with Crippen LogP contribution in [0.3, 0.4) is 0 Å². The van der Waals surface area contributed by atoms with E-state index in [4.69, 9.17) is 15.2 Å². The molecule has 0 amide bonds. The second kappa shape index (κ2) is 8.77. The summed E-state index contributed by atoms with van der Waals surface area (Å²) in [6, 6.07) is 7.80. The van der Waals surface area contributed by atoms with Gasteiger partial charge in [-0.05, 0) is 31.2 Å². The van der Waals surface area contributed by atoms with Gasteiger partial charge in [0.2, 0.25) is 0 Å². The van der Waals surface area contributed by atoms with Crippen molar-refractivity contribution in [2.75, 3.05) is 26.9 Å². The molecule has 0 aliphatic heterocycles. The molecule has 0 aliphatic carbocycles. The van der Waals surface area contributed by atoms with Crippen LogP contribution < -0.4 is 15.8 Å². The van der Waals surface area contributed by atoms with Crippen LogP contribution in [0.4, 0.5) is 0 Å². The lowest BCUT2D eigenvalue weighted by Gasteiger charge is -2.13. The fraction of sp³-hybridized carbons (Fsp3) is 0.462. The Balaban J connectivity index is 2.23. The Morgan fingerprint density at radius 2 is 2.11 bits per heavy atom. The zero-order chi connectivity index (χ0) is 14.1.